The number of benzene rings is 2. The van der Waals surface area contributed by atoms with Gasteiger partial charge in [0.2, 0.25) is 0 Å². The van der Waals surface area contributed by atoms with Gasteiger partial charge >= 0.3 is 5.97 Å². The number of amides is 1. The van der Waals surface area contributed by atoms with Gasteiger partial charge in [-0.05, 0) is 47.9 Å². The van der Waals surface area contributed by atoms with Crippen LogP contribution in [0.15, 0.2) is 60.3 Å². The number of hydrogen-bond acceptors (Lipinski definition) is 6. The second-order valence-electron chi connectivity index (χ2n) is 6.62. The number of primary amides is 1. The summed E-state index contributed by atoms with van der Waals surface area (Å²) in [5, 5.41) is 11.1. The van der Waals surface area contributed by atoms with Gasteiger partial charge in [0.1, 0.15) is 11.5 Å². The molecule has 3 aromatic rings. The maximum Gasteiger partial charge on any atom is 0.341 e. The molecule has 31 heavy (non-hydrogen) atoms. The van der Waals surface area contributed by atoms with Gasteiger partial charge in [-0.3, -0.25) is 4.79 Å². The van der Waals surface area contributed by atoms with Crippen molar-refractivity contribution in [1.29, 1.82) is 5.41 Å². The lowest BCUT2D eigenvalue weighted by atomic mass is 9.98. The fourth-order valence-corrected chi connectivity index (χ4v) is 3.03. The van der Waals surface area contributed by atoms with Crippen molar-refractivity contribution in [2.45, 2.75) is 13.5 Å². The summed E-state index contributed by atoms with van der Waals surface area (Å²) in [6, 6.07) is 13.1. The van der Waals surface area contributed by atoms with Crippen molar-refractivity contribution in [2.24, 2.45) is 5.73 Å². The fraction of sp³-hybridized carbons (Fsp3) is 0.130. The monoisotopic (exact) mass is 420 g/mol. The highest BCUT2D eigenvalue weighted by molar-refractivity contribution is 6.08. The Labute approximate surface area is 178 Å². The maximum absolute atomic E-state index is 13.3. The lowest BCUT2D eigenvalue weighted by Crippen LogP contribution is -2.14. The molecule has 1 heterocycles. The van der Waals surface area contributed by atoms with Gasteiger partial charge in [-0.2, -0.15) is 0 Å². The Bertz CT molecular complexity index is 1170. The molecular weight excluding hydrogens is 399 g/mol. The molecule has 7 nitrogen and oxygen atoms in total. The number of fused-ring (bicyclic) bond motifs is 1. The molecule has 2 aromatic carbocycles. The second-order valence-corrected chi connectivity index (χ2v) is 6.62. The molecule has 0 saturated carbocycles. The van der Waals surface area contributed by atoms with Gasteiger partial charge in [-0.15, -0.1) is 0 Å². The van der Waals surface area contributed by atoms with Crippen LogP contribution in [0.3, 0.4) is 0 Å². The summed E-state index contributed by atoms with van der Waals surface area (Å²) in [5.74, 6) is -1.60. The van der Waals surface area contributed by atoms with Crippen LogP contribution in [-0.2, 0) is 16.1 Å². The molecule has 0 atom stereocenters. The molecule has 0 fully saturated rings. The predicted molar refractivity (Wildman–Crippen MR) is 116 cm³/mol. The third-order valence-electron chi connectivity index (χ3n) is 4.51. The van der Waals surface area contributed by atoms with Crippen molar-refractivity contribution in [1.82, 2.24) is 10.3 Å². The van der Waals surface area contributed by atoms with Crippen LogP contribution < -0.4 is 11.1 Å². The SMILES string of the molecule is CCOC(=O)/C(C=N)=C/NCc1ccc2c(-c3ccc(F)cc3)cc(C(N)=O)nc2c1. The van der Waals surface area contributed by atoms with Gasteiger partial charge in [-0.1, -0.05) is 24.3 Å². The number of nitrogens with one attached hydrogen (secondary N) is 2. The zero-order valence-corrected chi connectivity index (χ0v) is 16.8. The lowest BCUT2D eigenvalue weighted by molar-refractivity contribution is -0.137. The third-order valence-corrected chi connectivity index (χ3v) is 4.51. The van der Waals surface area contributed by atoms with Gasteiger partial charge in [0.25, 0.3) is 5.91 Å². The van der Waals surface area contributed by atoms with Gasteiger partial charge in [-0.25, -0.2) is 14.2 Å². The van der Waals surface area contributed by atoms with E-state index in [0.29, 0.717) is 17.6 Å². The normalized spacial score (nSPS) is 11.2. The Kier molecular flexibility index (Phi) is 6.71. The molecular formula is C23H21FN4O3. The molecule has 0 aliphatic heterocycles. The van der Waals surface area contributed by atoms with Crippen molar-refractivity contribution >= 4 is 29.0 Å². The average Bonchev–Trinajstić information content (AvgIpc) is 2.76. The highest BCUT2D eigenvalue weighted by atomic mass is 19.1. The number of carbonyl (C=O) groups excluding carboxylic acids is 2. The molecule has 0 spiro atoms. The molecule has 158 valence electrons. The van der Waals surface area contributed by atoms with Crippen molar-refractivity contribution < 1.29 is 18.7 Å². The summed E-state index contributed by atoms with van der Waals surface area (Å²) < 4.78 is 18.2. The first kappa shape index (κ1) is 21.6. The van der Waals surface area contributed by atoms with E-state index in [1.807, 2.05) is 12.1 Å². The Hall–Kier alpha value is -4.07. The topological polar surface area (TPSA) is 118 Å². The first-order chi connectivity index (χ1) is 14.9. The number of halogens is 1. The number of nitrogens with zero attached hydrogens (tertiary/aromatic N) is 1. The van der Waals surface area contributed by atoms with Crippen LogP contribution in [0, 0.1) is 11.2 Å². The smallest absolute Gasteiger partial charge is 0.341 e. The van der Waals surface area contributed by atoms with E-state index in [4.69, 9.17) is 15.9 Å². The molecule has 0 saturated heterocycles. The van der Waals surface area contributed by atoms with Gasteiger partial charge in [0.15, 0.2) is 0 Å². The van der Waals surface area contributed by atoms with Crippen LogP contribution in [0.1, 0.15) is 23.0 Å². The van der Waals surface area contributed by atoms with Gasteiger partial charge < -0.3 is 21.2 Å². The molecule has 8 heteroatoms. The number of esters is 1. The van der Waals surface area contributed by atoms with Gasteiger partial charge in [0.05, 0.1) is 17.7 Å². The van der Waals surface area contributed by atoms with Crippen LogP contribution in [-0.4, -0.2) is 29.7 Å². The summed E-state index contributed by atoms with van der Waals surface area (Å²) in [6.07, 6.45) is 2.33. The van der Waals surface area contributed by atoms with E-state index in [9.17, 15) is 14.0 Å². The third kappa shape index (κ3) is 5.11. The van der Waals surface area contributed by atoms with E-state index >= 15 is 0 Å². The van der Waals surface area contributed by atoms with Crippen molar-refractivity contribution in [3.05, 3.63) is 77.4 Å². The summed E-state index contributed by atoms with van der Waals surface area (Å²) in [7, 11) is 0. The lowest BCUT2D eigenvalue weighted by Gasteiger charge is -2.11. The molecule has 0 aliphatic rings. The minimum atomic E-state index is -0.665. The first-order valence-corrected chi connectivity index (χ1v) is 9.53. The quantitative estimate of drug-likeness (QED) is 0.293. The molecule has 0 radical (unpaired) electrons. The molecule has 0 aliphatic carbocycles. The highest BCUT2D eigenvalue weighted by Gasteiger charge is 2.12. The molecule has 0 bridgehead atoms. The standard InChI is InChI=1S/C23H21FN4O3/c1-2-31-23(30)16(11-25)13-27-12-14-3-8-18-19(15-4-6-17(24)7-5-15)10-21(22(26)29)28-20(18)9-14/h3-11,13,25,27H,2,12H2,1H3,(H2,26,29)/b16-13+,25-11?. The predicted octanol–water partition coefficient (Wildman–Crippen LogP) is 3.33. The molecule has 4 N–H and O–H groups in total. The van der Waals surface area contributed by atoms with E-state index in [2.05, 4.69) is 10.3 Å². The number of aromatic nitrogens is 1. The number of hydrogen-bond donors (Lipinski definition) is 3. The number of ether oxygens (including phenoxy) is 1. The first-order valence-electron chi connectivity index (χ1n) is 9.53. The van der Waals surface area contributed by atoms with E-state index < -0.39 is 11.9 Å². The zero-order chi connectivity index (χ0) is 22.4. The van der Waals surface area contributed by atoms with Crippen LogP contribution in [0.2, 0.25) is 0 Å². The van der Waals surface area contributed by atoms with Crippen LogP contribution in [0.4, 0.5) is 4.39 Å². The Balaban J connectivity index is 1.94. The van der Waals surface area contributed by atoms with Crippen molar-refractivity contribution in [3.8, 4) is 11.1 Å². The Morgan fingerprint density at radius 1 is 1.19 bits per heavy atom. The molecule has 1 amide bonds. The summed E-state index contributed by atoms with van der Waals surface area (Å²) >= 11 is 0. The number of carbonyl (C=O) groups is 2. The largest absolute Gasteiger partial charge is 0.462 e. The molecule has 0 unspecified atom stereocenters. The van der Waals surface area contributed by atoms with Gasteiger partial charge in [0, 0.05) is 24.3 Å². The minimum absolute atomic E-state index is 0.0929. The van der Waals surface area contributed by atoms with Crippen LogP contribution in [0.25, 0.3) is 22.0 Å². The number of rotatable bonds is 8. The minimum Gasteiger partial charge on any atom is -0.462 e. The van der Waals surface area contributed by atoms with Crippen molar-refractivity contribution in [3.63, 3.8) is 0 Å². The second kappa shape index (κ2) is 9.62. The molecule has 1 aromatic heterocycles. The number of pyridine rings is 1. The summed E-state index contributed by atoms with van der Waals surface area (Å²) in [6.45, 7) is 2.26. The summed E-state index contributed by atoms with van der Waals surface area (Å²) in [4.78, 5) is 27.9. The average molecular weight is 420 g/mol. The number of nitrogens with two attached hydrogens (primary N) is 1. The Morgan fingerprint density at radius 3 is 2.58 bits per heavy atom. The van der Waals surface area contributed by atoms with Crippen LogP contribution >= 0.6 is 0 Å². The Morgan fingerprint density at radius 2 is 1.94 bits per heavy atom. The zero-order valence-electron chi connectivity index (χ0n) is 16.8. The fourth-order valence-electron chi connectivity index (χ4n) is 3.03. The maximum atomic E-state index is 13.3. The summed E-state index contributed by atoms with van der Waals surface area (Å²) in [5.41, 5.74) is 8.47. The van der Waals surface area contributed by atoms with Crippen molar-refractivity contribution in [2.75, 3.05) is 6.61 Å². The molecule has 3 rings (SSSR count). The van der Waals surface area contributed by atoms with E-state index in [1.54, 1.807) is 31.2 Å². The van der Waals surface area contributed by atoms with E-state index in [1.165, 1.54) is 18.3 Å². The highest BCUT2D eigenvalue weighted by Crippen LogP contribution is 2.29. The van der Waals surface area contributed by atoms with E-state index in [-0.39, 0.29) is 23.7 Å². The van der Waals surface area contributed by atoms with E-state index in [0.717, 1.165) is 22.7 Å². The van der Waals surface area contributed by atoms with Crippen LogP contribution in [0.5, 0.6) is 0 Å².